The minimum absolute atomic E-state index is 0.0901. The van der Waals surface area contributed by atoms with E-state index in [1.807, 2.05) is 0 Å². The first kappa shape index (κ1) is 60.4. The fourth-order valence-electron chi connectivity index (χ4n) is 8.31. The van der Waals surface area contributed by atoms with E-state index < -0.39 is 6.10 Å². The molecule has 0 amide bonds. The smallest absolute Gasteiger partial charge is 0.306 e. The predicted molar refractivity (Wildman–Crippen MR) is 270 cm³/mol. The SMILES string of the molecule is CCCCC/C=C\C/C=C\CCCCCCCCCCCC(=O)OCC(COCCCCCCCCCCCCCCCCCCCCCC)OC(=O)CCCCCCCCC. The van der Waals surface area contributed by atoms with Crippen molar-refractivity contribution in [2.45, 2.75) is 309 Å². The third-order valence-electron chi connectivity index (χ3n) is 12.5. The molecule has 0 aromatic heterocycles. The van der Waals surface area contributed by atoms with Crippen molar-refractivity contribution in [1.82, 2.24) is 0 Å². The molecule has 0 bridgehead atoms. The van der Waals surface area contributed by atoms with E-state index in [2.05, 4.69) is 45.1 Å². The lowest BCUT2D eigenvalue weighted by molar-refractivity contribution is -0.163. The standard InChI is InChI=1S/C57H108O5/c1-4-7-10-13-16-18-20-22-24-26-28-30-32-34-36-38-40-43-46-49-52-60-53-55(62-57(59)51-48-45-41-15-12-9-6-3)54-61-56(58)50-47-44-42-39-37-35-33-31-29-27-25-23-21-19-17-14-11-8-5-2/h17,19,23,25,55H,4-16,18,20-22,24,26-54H2,1-3H3/b19-17-,25-23-. The molecule has 62 heavy (non-hydrogen) atoms. The molecule has 5 nitrogen and oxygen atoms in total. The van der Waals surface area contributed by atoms with Gasteiger partial charge in [-0.05, 0) is 51.4 Å². The molecule has 0 radical (unpaired) electrons. The first-order chi connectivity index (χ1) is 30.6. The van der Waals surface area contributed by atoms with E-state index >= 15 is 0 Å². The average molecular weight is 873 g/mol. The van der Waals surface area contributed by atoms with Crippen LogP contribution in [0.25, 0.3) is 0 Å². The second-order valence-electron chi connectivity index (χ2n) is 18.9. The van der Waals surface area contributed by atoms with E-state index in [1.165, 1.54) is 231 Å². The van der Waals surface area contributed by atoms with Crippen LogP contribution in [-0.2, 0) is 23.8 Å². The zero-order chi connectivity index (χ0) is 44.9. The highest BCUT2D eigenvalue weighted by Crippen LogP contribution is 2.16. The molecule has 0 saturated carbocycles. The first-order valence-corrected chi connectivity index (χ1v) is 27.9. The second-order valence-corrected chi connectivity index (χ2v) is 18.9. The molecule has 366 valence electrons. The Kier molecular flexibility index (Phi) is 52.3. The largest absolute Gasteiger partial charge is 0.462 e. The van der Waals surface area contributed by atoms with Gasteiger partial charge in [0.05, 0.1) is 6.61 Å². The highest BCUT2D eigenvalue weighted by molar-refractivity contribution is 5.70. The average Bonchev–Trinajstić information content (AvgIpc) is 3.27. The van der Waals surface area contributed by atoms with Gasteiger partial charge in [-0.1, -0.05) is 263 Å². The molecule has 0 aromatic carbocycles. The highest BCUT2D eigenvalue weighted by Gasteiger charge is 2.17. The Hall–Kier alpha value is -1.62. The van der Waals surface area contributed by atoms with Gasteiger partial charge in [-0.2, -0.15) is 0 Å². The maximum absolute atomic E-state index is 12.7. The molecule has 1 unspecified atom stereocenters. The van der Waals surface area contributed by atoms with Crippen molar-refractivity contribution in [2.75, 3.05) is 19.8 Å². The van der Waals surface area contributed by atoms with E-state index in [-0.39, 0.29) is 18.5 Å². The van der Waals surface area contributed by atoms with E-state index in [0.29, 0.717) is 26.1 Å². The maximum Gasteiger partial charge on any atom is 0.306 e. The van der Waals surface area contributed by atoms with Crippen LogP contribution in [0.1, 0.15) is 303 Å². The number of ether oxygens (including phenoxy) is 3. The van der Waals surface area contributed by atoms with Crippen LogP contribution in [-0.4, -0.2) is 37.9 Å². The second kappa shape index (κ2) is 53.7. The molecule has 0 aliphatic carbocycles. The van der Waals surface area contributed by atoms with Gasteiger partial charge in [0, 0.05) is 19.4 Å². The molecule has 5 heteroatoms. The normalized spacial score (nSPS) is 12.2. The summed E-state index contributed by atoms with van der Waals surface area (Å²) in [6, 6.07) is 0. The van der Waals surface area contributed by atoms with Crippen molar-refractivity contribution in [3.63, 3.8) is 0 Å². The van der Waals surface area contributed by atoms with Gasteiger partial charge in [0.15, 0.2) is 6.10 Å². The van der Waals surface area contributed by atoms with Crippen LogP contribution in [0.4, 0.5) is 0 Å². The molecule has 0 saturated heterocycles. The fourth-order valence-corrected chi connectivity index (χ4v) is 8.31. The number of hydrogen-bond acceptors (Lipinski definition) is 5. The van der Waals surface area contributed by atoms with Gasteiger partial charge in [-0.25, -0.2) is 0 Å². The van der Waals surface area contributed by atoms with E-state index in [9.17, 15) is 9.59 Å². The summed E-state index contributed by atoms with van der Waals surface area (Å²) in [6.45, 7) is 7.83. The van der Waals surface area contributed by atoms with Crippen molar-refractivity contribution in [2.24, 2.45) is 0 Å². The summed E-state index contributed by atoms with van der Waals surface area (Å²) in [5.74, 6) is -0.389. The Bertz CT molecular complexity index is 943. The molecule has 0 aliphatic heterocycles. The van der Waals surface area contributed by atoms with Crippen LogP contribution in [0.3, 0.4) is 0 Å². The molecule has 0 heterocycles. The van der Waals surface area contributed by atoms with Crippen molar-refractivity contribution in [1.29, 1.82) is 0 Å². The van der Waals surface area contributed by atoms with Gasteiger partial charge in [-0.15, -0.1) is 0 Å². The lowest BCUT2D eigenvalue weighted by atomic mass is 10.0. The summed E-state index contributed by atoms with van der Waals surface area (Å²) in [7, 11) is 0. The summed E-state index contributed by atoms with van der Waals surface area (Å²) >= 11 is 0. The van der Waals surface area contributed by atoms with Gasteiger partial charge in [0.1, 0.15) is 6.61 Å². The Labute approximate surface area is 387 Å². The maximum atomic E-state index is 12.7. The van der Waals surface area contributed by atoms with Crippen molar-refractivity contribution < 1.29 is 23.8 Å². The zero-order valence-electron chi connectivity index (χ0n) is 42.2. The van der Waals surface area contributed by atoms with Crippen LogP contribution in [0.15, 0.2) is 24.3 Å². The third-order valence-corrected chi connectivity index (χ3v) is 12.5. The lowest BCUT2D eigenvalue weighted by Gasteiger charge is -2.18. The quantitative estimate of drug-likeness (QED) is 0.0346. The van der Waals surface area contributed by atoms with Gasteiger partial charge in [0.25, 0.3) is 0 Å². The number of unbranched alkanes of at least 4 members (excludes halogenated alkanes) is 37. The van der Waals surface area contributed by atoms with Crippen LogP contribution >= 0.6 is 0 Å². The third kappa shape index (κ3) is 51.0. The number of carbonyl (C=O) groups is 2. The summed E-state index contributed by atoms with van der Waals surface area (Å²) < 4.78 is 17.4. The van der Waals surface area contributed by atoms with E-state index in [0.717, 1.165) is 38.5 Å². The molecular formula is C57H108O5. The molecule has 0 N–H and O–H groups in total. The minimum atomic E-state index is -0.528. The molecule has 0 fully saturated rings. The summed E-state index contributed by atoms with van der Waals surface area (Å²) in [5, 5.41) is 0. The van der Waals surface area contributed by atoms with Gasteiger partial charge >= 0.3 is 11.9 Å². The Morgan fingerprint density at radius 2 is 0.677 bits per heavy atom. The number of hydrogen-bond donors (Lipinski definition) is 0. The van der Waals surface area contributed by atoms with E-state index in [1.54, 1.807) is 0 Å². The highest BCUT2D eigenvalue weighted by atomic mass is 16.6. The van der Waals surface area contributed by atoms with Crippen molar-refractivity contribution in [3.05, 3.63) is 24.3 Å². The van der Waals surface area contributed by atoms with Gasteiger partial charge < -0.3 is 14.2 Å². The fraction of sp³-hybridized carbons (Fsp3) is 0.895. The van der Waals surface area contributed by atoms with Crippen molar-refractivity contribution >= 4 is 11.9 Å². The topological polar surface area (TPSA) is 61.8 Å². The zero-order valence-corrected chi connectivity index (χ0v) is 42.2. The molecule has 0 aromatic rings. The lowest BCUT2D eigenvalue weighted by Crippen LogP contribution is -2.30. The van der Waals surface area contributed by atoms with Crippen LogP contribution < -0.4 is 0 Å². The number of allylic oxidation sites excluding steroid dienone is 4. The minimum Gasteiger partial charge on any atom is -0.462 e. The number of carbonyl (C=O) groups excluding carboxylic acids is 2. The number of esters is 2. The predicted octanol–water partition coefficient (Wildman–Crippen LogP) is 18.8. The molecule has 0 aliphatic rings. The summed E-state index contributed by atoms with van der Waals surface area (Å²) in [6.07, 6.45) is 63.6. The number of rotatable bonds is 52. The van der Waals surface area contributed by atoms with Crippen LogP contribution in [0.2, 0.25) is 0 Å². The monoisotopic (exact) mass is 873 g/mol. The molecular weight excluding hydrogens is 765 g/mol. The van der Waals surface area contributed by atoms with Crippen LogP contribution in [0.5, 0.6) is 0 Å². The molecule has 1 atom stereocenters. The van der Waals surface area contributed by atoms with Gasteiger partial charge in [0.2, 0.25) is 0 Å². The Morgan fingerprint density at radius 3 is 1.10 bits per heavy atom. The Balaban J connectivity index is 4.02. The Morgan fingerprint density at radius 1 is 0.355 bits per heavy atom. The molecule has 0 rings (SSSR count). The summed E-state index contributed by atoms with van der Waals surface area (Å²) in [5.41, 5.74) is 0. The summed E-state index contributed by atoms with van der Waals surface area (Å²) in [4.78, 5) is 25.3. The van der Waals surface area contributed by atoms with Gasteiger partial charge in [-0.3, -0.25) is 9.59 Å². The van der Waals surface area contributed by atoms with Crippen molar-refractivity contribution in [3.8, 4) is 0 Å². The van der Waals surface area contributed by atoms with Crippen LogP contribution in [0, 0.1) is 0 Å². The van der Waals surface area contributed by atoms with E-state index in [4.69, 9.17) is 14.2 Å². The molecule has 0 spiro atoms. The first-order valence-electron chi connectivity index (χ1n) is 27.9.